The summed E-state index contributed by atoms with van der Waals surface area (Å²) in [5.74, 6) is 0.538. The summed E-state index contributed by atoms with van der Waals surface area (Å²) in [5, 5.41) is 10.0. The number of ether oxygens (including phenoxy) is 1. The van der Waals surface area contributed by atoms with E-state index in [4.69, 9.17) is 4.74 Å². The molecule has 0 aliphatic carbocycles. The number of rotatable bonds is 3. The molecule has 1 saturated heterocycles. The van der Waals surface area contributed by atoms with Crippen molar-refractivity contribution < 1.29 is 18.4 Å². The first-order chi connectivity index (χ1) is 8.54. The Balaban J connectivity index is 2.24. The van der Waals surface area contributed by atoms with Crippen LogP contribution < -0.4 is 4.74 Å². The van der Waals surface area contributed by atoms with Crippen molar-refractivity contribution in [1.82, 2.24) is 5.06 Å². The maximum atomic E-state index is 12.4. The van der Waals surface area contributed by atoms with Gasteiger partial charge in [0.15, 0.2) is 9.84 Å². The molecule has 0 bridgehead atoms. The summed E-state index contributed by atoms with van der Waals surface area (Å²) < 4.78 is 29.9. The molecular weight excluding hydrogens is 254 g/mol. The van der Waals surface area contributed by atoms with Crippen molar-refractivity contribution in [2.75, 3.05) is 20.2 Å². The Kier molecular flexibility index (Phi) is 3.89. The van der Waals surface area contributed by atoms with Crippen LogP contribution in [0.1, 0.15) is 12.8 Å². The first kappa shape index (κ1) is 13.3. The van der Waals surface area contributed by atoms with E-state index in [1.165, 1.54) is 7.11 Å². The molecule has 0 atom stereocenters. The summed E-state index contributed by atoms with van der Waals surface area (Å²) in [5.41, 5.74) is 0. The zero-order valence-electron chi connectivity index (χ0n) is 10.2. The number of nitrogens with zero attached hydrogens (tertiary/aromatic N) is 1. The van der Waals surface area contributed by atoms with Crippen molar-refractivity contribution in [3.63, 3.8) is 0 Å². The van der Waals surface area contributed by atoms with Gasteiger partial charge in [0.1, 0.15) is 5.75 Å². The van der Waals surface area contributed by atoms with E-state index in [1.807, 2.05) is 0 Å². The van der Waals surface area contributed by atoms with Crippen molar-refractivity contribution in [3.8, 4) is 5.75 Å². The van der Waals surface area contributed by atoms with E-state index in [2.05, 4.69) is 0 Å². The van der Waals surface area contributed by atoms with Crippen LogP contribution in [0.4, 0.5) is 0 Å². The van der Waals surface area contributed by atoms with Gasteiger partial charge in [-0.05, 0) is 31.0 Å². The Morgan fingerprint density at radius 3 is 2.61 bits per heavy atom. The Morgan fingerprint density at radius 1 is 1.33 bits per heavy atom. The van der Waals surface area contributed by atoms with Crippen LogP contribution in [0.15, 0.2) is 29.2 Å². The van der Waals surface area contributed by atoms with Crippen LogP contribution in [-0.4, -0.2) is 44.1 Å². The van der Waals surface area contributed by atoms with Gasteiger partial charge < -0.3 is 9.94 Å². The lowest BCUT2D eigenvalue weighted by Crippen LogP contribution is -2.37. The first-order valence-corrected chi connectivity index (χ1v) is 7.40. The smallest absolute Gasteiger partial charge is 0.181 e. The summed E-state index contributed by atoms with van der Waals surface area (Å²) in [4.78, 5) is 0.290. The van der Waals surface area contributed by atoms with Crippen LogP contribution in [0.25, 0.3) is 0 Å². The molecule has 1 aromatic carbocycles. The molecule has 5 nitrogen and oxygen atoms in total. The maximum absolute atomic E-state index is 12.4. The molecule has 0 spiro atoms. The second-order valence-corrected chi connectivity index (χ2v) is 6.61. The van der Waals surface area contributed by atoms with Crippen molar-refractivity contribution in [2.45, 2.75) is 23.0 Å². The molecule has 2 rings (SSSR count). The Morgan fingerprint density at radius 2 is 2.00 bits per heavy atom. The molecular formula is C12H17NO4S. The van der Waals surface area contributed by atoms with Crippen LogP contribution in [0, 0.1) is 0 Å². The van der Waals surface area contributed by atoms with Gasteiger partial charge in [0.05, 0.1) is 17.3 Å². The average molecular weight is 271 g/mol. The van der Waals surface area contributed by atoms with E-state index in [0.717, 1.165) is 5.06 Å². The van der Waals surface area contributed by atoms with Gasteiger partial charge in [-0.1, -0.05) is 6.07 Å². The first-order valence-electron chi connectivity index (χ1n) is 5.86. The predicted molar refractivity (Wildman–Crippen MR) is 66.6 cm³/mol. The Bertz CT molecular complexity index is 507. The van der Waals surface area contributed by atoms with Crippen molar-refractivity contribution in [2.24, 2.45) is 0 Å². The highest BCUT2D eigenvalue weighted by atomic mass is 32.2. The summed E-state index contributed by atoms with van der Waals surface area (Å²) in [6, 6.07) is 6.52. The van der Waals surface area contributed by atoms with E-state index < -0.39 is 15.1 Å². The van der Waals surface area contributed by atoms with Gasteiger partial charge in [0.25, 0.3) is 0 Å². The highest BCUT2D eigenvalue weighted by Gasteiger charge is 2.31. The van der Waals surface area contributed by atoms with E-state index >= 15 is 0 Å². The van der Waals surface area contributed by atoms with Crippen LogP contribution in [0.3, 0.4) is 0 Å². The third kappa shape index (κ3) is 2.66. The molecule has 1 N–H and O–H groups in total. The van der Waals surface area contributed by atoms with Crippen LogP contribution in [-0.2, 0) is 9.84 Å². The normalized spacial score (nSPS) is 18.8. The molecule has 0 aromatic heterocycles. The monoisotopic (exact) mass is 271 g/mol. The van der Waals surface area contributed by atoms with Crippen LogP contribution >= 0.6 is 0 Å². The largest absolute Gasteiger partial charge is 0.497 e. The highest BCUT2D eigenvalue weighted by Crippen LogP contribution is 2.26. The number of hydrogen-bond donors (Lipinski definition) is 1. The molecule has 0 amide bonds. The van der Waals surface area contributed by atoms with Crippen molar-refractivity contribution in [1.29, 1.82) is 0 Å². The third-order valence-corrected chi connectivity index (χ3v) is 5.49. The highest BCUT2D eigenvalue weighted by molar-refractivity contribution is 7.92. The number of hydrogen-bond acceptors (Lipinski definition) is 5. The van der Waals surface area contributed by atoms with Gasteiger partial charge in [-0.15, -0.1) is 0 Å². The molecule has 1 aliphatic heterocycles. The van der Waals surface area contributed by atoms with Crippen LogP contribution in [0.5, 0.6) is 5.75 Å². The molecule has 0 unspecified atom stereocenters. The Hall–Kier alpha value is -1.11. The number of sulfone groups is 1. The fourth-order valence-electron chi connectivity index (χ4n) is 2.12. The molecule has 0 saturated carbocycles. The van der Waals surface area contributed by atoms with E-state index in [0.29, 0.717) is 36.6 Å². The molecule has 1 aliphatic rings. The number of benzene rings is 1. The SMILES string of the molecule is COc1cccc(S(=O)(=O)C2CCN(O)CC2)c1. The van der Waals surface area contributed by atoms with Crippen molar-refractivity contribution in [3.05, 3.63) is 24.3 Å². The number of hydroxylamine groups is 2. The second kappa shape index (κ2) is 5.26. The van der Waals surface area contributed by atoms with Gasteiger partial charge in [-0.3, -0.25) is 0 Å². The lowest BCUT2D eigenvalue weighted by Gasteiger charge is -2.27. The number of methoxy groups -OCH3 is 1. The van der Waals surface area contributed by atoms with E-state index in [1.54, 1.807) is 24.3 Å². The zero-order valence-corrected chi connectivity index (χ0v) is 11.1. The van der Waals surface area contributed by atoms with Gasteiger partial charge in [0, 0.05) is 13.1 Å². The lowest BCUT2D eigenvalue weighted by atomic mass is 10.2. The summed E-state index contributed by atoms with van der Waals surface area (Å²) >= 11 is 0. The molecule has 1 heterocycles. The fourth-order valence-corrected chi connectivity index (χ4v) is 3.89. The molecule has 6 heteroatoms. The zero-order chi connectivity index (χ0) is 13.2. The molecule has 1 aromatic rings. The third-order valence-electron chi connectivity index (χ3n) is 3.23. The van der Waals surface area contributed by atoms with E-state index in [-0.39, 0.29) is 0 Å². The second-order valence-electron chi connectivity index (χ2n) is 4.38. The number of piperidine rings is 1. The minimum absolute atomic E-state index is 0.290. The maximum Gasteiger partial charge on any atom is 0.181 e. The minimum atomic E-state index is -3.34. The topological polar surface area (TPSA) is 66.8 Å². The average Bonchev–Trinajstić information content (AvgIpc) is 2.39. The molecule has 100 valence electrons. The van der Waals surface area contributed by atoms with Crippen LogP contribution in [0.2, 0.25) is 0 Å². The standard InChI is InChI=1S/C12H17NO4S/c1-17-10-3-2-4-12(9-10)18(15,16)11-5-7-13(14)8-6-11/h2-4,9,11,14H,5-8H2,1H3. The fraction of sp³-hybridized carbons (Fsp3) is 0.500. The Labute approximate surface area is 107 Å². The van der Waals surface area contributed by atoms with Gasteiger partial charge >= 0.3 is 0 Å². The quantitative estimate of drug-likeness (QED) is 0.898. The summed E-state index contributed by atoms with van der Waals surface area (Å²) in [6.45, 7) is 0.793. The summed E-state index contributed by atoms with van der Waals surface area (Å²) in [7, 11) is -1.83. The molecule has 1 fully saturated rings. The van der Waals surface area contributed by atoms with Gasteiger partial charge in [-0.25, -0.2) is 8.42 Å². The predicted octanol–water partition coefficient (Wildman–Crippen LogP) is 1.32. The van der Waals surface area contributed by atoms with Crippen molar-refractivity contribution >= 4 is 9.84 Å². The van der Waals surface area contributed by atoms with Gasteiger partial charge in [0.2, 0.25) is 0 Å². The van der Waals surface area contributed by atoms with E-state index in [9.17, 15) is 13.6 Å². The summed E-state index contributed by atoms with van der Waals surface area (Å²) in [6.07, 6.45) is 0.909. The molecule has 18 heavy (non-hydrogen) atoms. The molecule has 0 radical (unpaired) electrons. The minimum Gasteiger partial charge on any atom is -0.497 e. The van der Waals surface area contributed by atoms with Gasteiger partial charge in [-0.2, -0.15) is 5.06 Å². The lowest BCUT2D eigenvalue weighted by molar-refractivity contribution is -0.102.